The van der Waals surface area contributed by atoms with E-state index in [1.807, 2.05) is 33.8 Å². The molecule has 0 aromatic carbocycles. The molecule has 2 rings (SSSR count). The Balaban J connectivity index is 2.36. The molecule has 0 radical (unpaired) electrons. The molecule has 26 heavy (non-hydrogen) atoms. The van der Waals surface area contributed by atoms with Crippen molar-refractivity contribution in [2.75, 3.05) is 13.2 Å². The smallest absolute Gasteiger partial charge is 0.222 e. The van der Waals surface area contributed by atoms with Crippen molar-refractivity contribution in [3.8, 4) is 5.75 Å². The van der Waals surface area contributed by atoms with Crippen LogP contribution in [-0.2, 0) is 11.2 Å². The lowest BCUT2D eigenvalue weighted by Gasteiger charge is -2.27. The summed E-state index contributed by atoms with van der Waals surface area (Å²) >= 11 is 0. The molecule has 1 aromatic rings. The van der Waals surface area contributed by atoms with Crippen LogP contribution in [0.4, 0.5) is 0 Å². The number of nitrogens with one attached hydrogen (secondary N) is 1. The van der Waals surface area contributed by atoms with Crippen LogP contribution in [0, 0.1) is 5.92 Å². The molecule has 1 N–H and O–H groups in total. The van der Waals surface area contributed by atoms with Gasteiger partial charge in [-0.1, -0.05) is 39.0 Å². The van der Waals surface area contributed by atoms with Crippen molar-refractivity contribution in [3.05, 3.63) is 41.2 Å². The van der Waals surface area contributed by atoms with Crippen LogP contribution in [-0.4, -0.2) is 24.0 Å². The zero-order valence-corrected chi connectivity index (χ0v) is 16.8. The van der Waals surface area contributed by atoms with E-state index < -0.39 is 0 Å². The SMILES string of the molecule is C/C=C\C(=C/C)c1nc(CCNC(=O)C(C)C)cc2c1OCCC2CC. The number of hydrogen-bond acceptors (Lipinski definition) is 3. The summed E-state index contributed by atoms with van der Waals surface area (Å²) in [5.74, 6) is 1.53. The molecule has 142 valence electrons. The minimum Gasteiger partial charge on any atom is -0.491 e. The van der Waals surface area contributed by atoms with Crippen LogP contribution < -0.4 is 10.1 Å². The minimum atomic E-state index is 0.00393. The summed E-state index contributed by atoms with van der Waals surface area (Å²) in [6.45, 7) is 11.4. The Morgan fingerprint density at radius 2 is 2.19 bits per heavy atom. The molecule has 1 unspecified atom stereocenters. The molecule has 0 spiro atoms. The van der Waals surface area contributed by atoms with Crippen LogP contribution in [0.5, 0.6) is 5.75 Å². The van der Waals surface area contributed by atoms with Gasteiger partial charge in [-0.15, -0.1) is 0 Å². The number of carbonyl (C=O) groups excluding carboxylic acids is 1. The predicted molar refractivity (Wildman–Crippen MR) is 107 cm³/mol. The molecule has 0 saturated carbocycles. The summed E-state index contributed by atoms with van der Waals surface area (Å²) in [4.78, 5) is 16.7. The van der Waals surface area contributed by atoms with Crippen LogP contribution in [0.15, 0.2) is 24.3 Å². The van der Waals surface area contributed by atoms with Gasteiger partial charge >= 0.3 is 0 Å². The average molecular weight is 357 g/mol. The van der Waals surface area contributed by atoms with Gasteiger partial charge in [0.15, 0.2) is 0 Å². The monoisotopic (exact) mass is 356 g/mol. The molecule has 0 aliphatic carbocycles. The van der Waals surface area contributed by atoms with E-state index in [1.54, 1.807) is 0 Å². The zero-order chi connectivity index (χ0) is 19.1. The van der Waals surface area contributed by atoms with Gasteiger partial charge in [-0.3, -0.25) is 4.79 Å². The van der Waals surface area contributed by atoms with Gasteiger partial charge in [0.1, 0.15) is 11.4 Å². The maximum Gasteiger partial charge on any atom is 0.222 e. The standard InChI is InChI=1S/C22H32N2O2/c1-6-9-17(8-3)20-21-19(16(7-2)11-13-26-21)14-18(24-20)10-12-23-22(25)15(4)5/h6,8-9,14-16H,7,10-13H2,1-5H3,(H,23,25)/b9-6-,17-8+. The summed E-state index contributed by atoms with van der Waals surface area (Å²) in [7, 11) is 0. The third kappa shape index (κ3) is 4.75. The summed E-state index contributed by atoms with van der Waals surface area (Å²) in [5.41, 5.74) is 4.27. The summed E-state index contributed by atoms with van der Waals surface area (Å²) < 4.78 is 6.04. The first-order chi connectivity index (χ1) is 12.5. The Kier molecular flexibility index (Phi) is 7.43. The Labute approximate surface area is 157 Å². The molecule has 1 aliphatic rings. The molecule has 1 amide bonds. The van der Waals surface area contributed by atoms with Gasteiger partial charge < -0.3 is 10.1 Å². The van der Waals surface area contributed by atoms with Crippen molar-refractivity contribution >= 4 is 11.5 Å². The number of aromatic nitrogens is 1. The molecule has 0 fully saturated rings. The number of nitrogens with zero attached hydrogens (tertiary/aromatic N) is 1. The van der Waals surface area contributed by atoms with Crippen molar-refractivity contribution in [1.29, 1.82) is 0 Å². The number of allylic oxidation sites excluding steroid dienone is 4. The van der Waals surface area contributed by atoms with Crippen LogP contribution >= 0.6 is 0 Å². The summed E-state index contributed by atoms with van der Waals surface area (Å²) in [5, 5.41) is 2.98. The van der Waals surface area contributed by atoms with E-state index in [2.05, 4.69) is 30.5 Å². The van der Waals surface area contributed by atoms with E-state index in [0.717, 1.165) is 48.6 Å². The largest absolute Gasteiger partial charge is 0.491 e. The lowest BCUT2D eigenvalue weighted by atomic mass is 9.89. The molecule has 0 bridgehead atoms. The Bertz CT molecular complexity index is 690. The highest BCUT2D eigenvalue weighted by atomic mass is 16.5. The van der Waals surface area contributed by atoms with Gasteiger partial charge in [0.2, 0.25) is 5.91 Å². The second kappa shape index (κ2) is 9.56. The number of carbonyl (C=O) groups is 1. The molecule has 1 aromatic heterocycles. The van der Waals surface area contributed by atoms with Gasteiger partial charge in [0, 0.05) is 30.1 Å². The summed E-state index contributed by atoms with van der Waals surface area (Å²) in [6.07, 6.45) is 9.04. The van der Waals surface area contributed by atoms with E-state index in [-0.39, 0.29) is 11.8 Å². The maximum absolute atomic E-state index is 11.8. The highest BCUT2D eigenvalue weighted by molar-refractivity contribution is 5.78. The van der Waals surface area contributed by atoms with Crippen LogP contribution in [0.3, 0.4) is 0 Å². The second-order valence-corrected chi connectivity index (χ2v) is 7.06. The zero-order valence-electron chi connectivity index (χ0n) is 16.8. The molecule has 0 saturated heterocycles. The van der Waals surface area contributed by atoms with E-state index in [1.165, 1.54) is 5.56 Å². The van der Waals surface area contributed by atoms with Gasteiger partial charge in [-0.2, -0.15) is 0 Å². The summed E-state index contributed by atoms with van der Waals surface area (Å²) in [6, 6.07) is 2.18. The van der Waals surface area contributed by atoms with Crippen LogP contribution in [0.25, 0.3) is 5.57 Å². The Morgan fingerprint density at radius 1 is 1.42 bits per heavy atom. The Morgan fingerprint density at radius 3 is 2.81 bits per heavy atom. The number of pyridine rings is 1. The van der Waals surface area contributed by atoms with Gasteiger partial charge in [-0.05, 0) is 44.2 Å². The predicted octanol–water partition coefficient (Wildman–Crippen LogP) is 4.65. The number of amides is 1. The molecule has 1 atom stereocenters. The van der Waals surface area contributed by atoms with Gasteiger partial charge in [0.25, 0.3) is 0 Å². The minimum absolute atomic E-state index is 0.00393. The number of fused-ring (bicyclic) bond motifs is 1. The molecule has 2 heterocycles. The fraction of sp³-hybridized carbons (Fsp3) is 0.545. The maximum atomic E-state index is 11.8. The fourth-order valence-electron chi connectivity index (χ4n) is 3.28. The molecular formula is C22H32N2O2. The van der Waals surface area contributed by atoms with E-state index >= 15 is 0 Å². The fourth-order valence-corrected chi connectivity index (χ4v) is 3.28. The van der Waals surface area contributed by atoms with E-state index in [9.17, 15) is 4.79 Å². The number of ether oxygens (including phenoxy) is 1. The van der Waals surface area contributed by atoms with Crippen molar-refractivity contribution in [3.63, 3.8) is 0 Å². The van der Waals surface area contributed by atoms with Crippen LogP contribution in [0.1, 0.15) is 70.3 Å². The highest BCUT2D eigenvalue weighted by Gasteiger charge is 2.25. The normalized spacial score (nSPS) is 17.3. The van der Waals surface area contributed by atoms with Crippen molar-refractivity contribution in [2.24, 2.45) is 5.92 Å². The molecular weight excluding hydrogens is 324 g/mol. The second-order valence-electron chi connectivity index (χ2n) is 7.06. The van der Waals surface area contributed by atoms with Crippen molar-refractivity contribution in [1.82, 2.24) is 10.3 Å². The molecule has 1 aliphatic heterocycles. The number of rotatable bonds is 7. The quantitative estimate of drug-likeness (QED) is 0.723. The van der Waals surface area contributed by atoms with Crippen molar-refractivity contribution in [2.45, 2.75) is 59.8 Å². The van der Waals surface area contributed by atoms with E-state index in [4.69, 9.17) is 9.72 Å². The molecule has 4 heteroatoms. The highest BCUT2D eigenvalue weighted by Crippen LogP contribution is 2.40. The van der Waals surface area contributed by atoms with Gasteiger partial charge in [0.05, 0.1) is 6.61 Å². The first-order valence-electron chi connectivity index (χ1n) is 9.75. The third-order valence-electron chi connectivity index (χ3n) is 4.84. The van der Waals surface area contributed by atoms with Crippen LogP contribution in [0.2, 0.25) is 0 Å². The molecule has 4 nitrogen and oxygen atoms in total. The van der Waals surface area contributed by atoms with E-state index in [0.29, 0.717) is 12.5 Å². The number of hydrogen-bond donors (Lipinski definition) is 1. The third-order valence-corrected chi connectivity index (χ3v) is 4.84. The average Bonchev–Trinajstić information content (AvgIpc) is 2.64. The first-order valence-corrected chi connectivity index (χ1v) is 9.75. The first kappa shape index (κ1) is 20.2. The lowest BCUT2D eigenvalue weighted by Crippen LogP contribution is -2.29. The Hall–Kier alpha value is -2.10. The lowest BCUT2D eigenvalue weighted by molar-refractivity contribution is -0.123. The topological polar surface area (TPSA) is 51.2 Å². The van der Waals surface area contributed by atoms with Crippen molar-refractivity contribution < 1.29 is 9.53 Å². The van der Waals surface area contributed by atoms with Gasteiger partial charge in [-0.25, -0.2) is 4.98 Å².